The first-order chi connectivity index (χ1) is 14.1. The first kappa shape index (κ1) is 19.7. The van der Waals surface area contributed by atoms with E-state index in [1.54, 1.807) is 12.1 Å². The quantitative estimate of drug-likeness (QED) is 0.723. The van der Waals surface area contributed by atoms with Gasteiger partial charge in [0.05, 0.1) is 12.1 Å². The van der Waals surface area contributed by atoms with Crippen LogP contribution in [0.1, 0.15) is 25.3 Å². The maximum atomic E-state index is 12.7. The van der Waals surface area contributed by atoms with Crippen molar-refractivity contribution in [3.05, 3.63) is 65.1 Å². The molecule has 2 fully saturated rings. The van der Waals surface area contributed by atoms with Gasteiger partial charge in [0.25, 0.3) is 5.91 Å². The zero-order valence-corrected chi connectivity index (χ0v) is 16.8. The molecule has 1 spiro atoms. The summed E-state index contributed by atoms with van der Waals surface area (Å²) < 4.78 is 6.26. The van der Waals surface area contributed by atoms with Gasteiger partial charge in [0, 0.05) is 25.3 Å². The van der Waals surface area contributed by atoms with Crippen LogP contribution in [0, 0.1) is 4.91 Å². The third kappa shape index (κ3) is 4.38. The predicted molar refractivity (Wildman–Crippen MR) is 113 cm³/mol. The number of benzene rings is 2. The molecule has 0 N–H and O–H groups in total. The summed E-state index contributed by atoms with van der Waals surface area (Å²) in [5.41, 5.74) is 2.36. The second-order valence-electron chi connectivity index (χ2n) is 8.05. The van der Waals surface area contributed by atoms with Gasteiger partial charge in [0.2, 0.25) is 0 Å². The van der Waals surface area contributed by atoms with E-state index < -0.39 is 6.10 Å². The highest BCUT2D eigenvalue weighted by Gasteiger charge is 2.45. The van der Waals surface area contributed by atoms with Crippen molar-refractivity contribution >= 4 is 17.3 Å². The Bertz CT molecular complexity index is 845. The van der Waals surface area contributed by atoms with E-state index in [0.29, 0.717) is 12.2 Å². The van der Waals surface area contributed by atoms with Crippen LogP contribution >= 0.6 is 0 Å². The molecule has 2 aromatic carbocycles. The molecule has 0 aliphatic carbocycles. The van der Waals surface area contributed by atoms with Crippen LogP contribution in [0.25, 0.3) is 0 Å². The smallest absolute Gasteiger partial charge is 0.255 e. The van der Waals surface area contributed by atoms with Gasteiger partial charge < -0.3 is 14.5 Å². The van der Waals surface area contributed by atoms with E-state index in [9.17, 15) is 9.70 Å². The zero-order chi connectivity index (χ0) is 20.3. The van der Waals surface area contributed by atoms with E-state index in [0.717, 1.165) is 44.6 Å². The Kier molecular flexibility index (Phi) is 5.74. The van der Waals surface area contributed by atoms with Gasteiger partial charge in [-0.25, -0.2) is 0 Å². The topological polar surface area (TPSA) is 62.2 Å². The maximum absolute atomic E-state index is 12.7. The Morgan fingerprint density at radius 3 is 2.41 bits per heavy atom. The summed E-state index contributed by atoms with van der Waals surface area (Å²) in [6.45, 7) is 5.37. The van der Waals surface area contributed by atoms with Gasteiger partial charge in [-0.15, -0.1) is 4.91 Å². The number of rotatable bonds is 5. The SMILES string of the molecule is CC1OC2(CCN(CCc3ccc(N=O)cc3)CC2)CN(c2ccccc2)C1=O. The van der Waals surface area contributed by atoms with Crippen molar-refractivity contribution in [2.75, 3.05) is 31.1 Å². The number of likely N-dealkylation sites (tertiary alicyclic amines) is 1. The van der Waals surface area contributed by atoms with Crippen molar-refractivity contribution in [3.63, 3.8) is 0 Å². The maximum Gasteiger partial charge on any atom is 0.255 e. The van der Waals surface area contributed by atoms with Crippen molar-refractivity contribution < 1.29 is 9.53 Å². The second-order valence-corrected chi connectivity index (χ2v) is 8.05. The van der Waals surface area contributed by atoms with Crippen LogP contribution in [-0.4, -0.2) is 48.7 Å². The predicted octanol–water partition coefficient (Wildman–Crippen LogP) is 3.91. The number of nitrogens with zero attached hydrogens (tertiary/aromatic N) is 3. The largest absolute Gasteiger partial charge is 0.360 e. The van der Waals surface area contributed by atoms with Crippen LogP contribution in [0.4, 0.5) is 11.4 Å². The Morgan fingerprint density at radius 2 is 1.76 bits per heavy atom. The fourth-order valence-electron chi connectivity index (χ4n) is 4.35. The summed E-state index contributed by atoms with van der Waals surface area (Å²) in [5.74, 6) is 0.0394. The number of amides is 1. The third-order valence-corrected chi connectivity index (χ3v) is 6.08. The first-order valence-electron chi connectivity index (χ1n) is 10.3. The summed E-state index contributed by atoms with van der Waals surface area (Å²) in [5, 5.41) is 2.95. The molecular weight excluding hydrogens is 366 g/mol. The standard InChI is InChI=1S/C23H27N3O3/c1-18-22(27)26(21-5-3-2-4-6-21)17-23(29-18)12-15-25(16-13-23)14-11-19-7-9-20(24-28)10-8-19/h2-10,18H,11-17H2,1H3. The van der Waals surface area contributed by atoms with Crippen molar-refractivity contribution in [1.29, 1.82) is 0 Å². The minimum atomic E-state index is -0.416. The Labute approximate surface area is 171 Å². The summed E-state index contributed by atoms with van der Waals surface area (Å²) in [4.78, 5) is 27.6. The number of hydrogen-bond acceptors (Lipinski definition) is 5. The molecule has 1 atom stereocenters. The first-order valence-corrected chi connectivity index (χ1v) is 10.3. The van der Waals surface area contributed by atoms with Gasteiger partial charge in [-0.1, -0.05) is 30.3 Å². The van der Waals surface area contributed by atoms with Crippen LogP contribution in [0.3, 0.4) is 0 Å². The number of nitroso groups, excluding NO2 is 1. The fraction of sp³-hybridized carbons (Fsp3) is 0.435. The lowest BCUT2D eigenvalue weighted by Crippen LogP contribution is -2.61. The molecule has 6 nitrogen and oxygen atoms in total. The minimum Gasteiger partial charge on any atom is -0.360 e. The van der Waals surface area contributed by atoms with Gasteiger partial charge in [-0.05, 0) is 61.2 Å². The van der Waals surface area contributed by atoms with E-state index in [1.807, 2.05) is 54.3 Å². The molecule has 0 saturated carbocycles. The third-order valence-electron chi connectivity index (χ3n) is 6.08. The van der Waals surface area contributed by atoms with Gasteiger partial charge in [-0.2, -0.15) is 0 Å². The van der Waals surface area contributed by atoms with E-state index in [1.165, 1.54) is 5.56 Å². The Hall–Kier alpha value is -2.57. The number of hydrogen-bond donors (Lipinski definition) is 0. The van der Waals surface area contributed by atoms with E-state index >= 15 is 0 Å². The van der Waals surface area contributed by atoms with Gasteiger partial charge in [-0.3, -0.25) is 4.79 Å². The summed E-state index contributed by atoms with van der Waals surface area (Å²) in [6, 6.07) is 17.4. The van der Waals surface area contributed by atoms with E-state index in [-0.39, 0.29) is 11.5 Å². The van der Waals surface area contributed by atoms with Crippen LogP contribution in [0.2, 0.25) is 0 Å². The lowest BCUT2D eigenvalue weighted by Gasteiger charge is -2.49. The molecule has 1 unspecified atom stereocenters. The monoisotopic (exact) mass is 393 g/mol. The number of ether oxygens (including phenoxy) is 1. The summed E-state index contributed by atoms with van der Waals surface area (Å²) in [7, 11) is 0. The number of carbonyl (C=O) groups excluding carboxylic acids is 1. The van der Waals surface area contributed by atoms with Gasteiger partial charge >= 0.3 is 0 Å². The Morgan fingerprint density at radius 1 is 1.07 bits per heavy atom. The lowest BCUT2D eigenvalue weighted by molar-refractivity contribution is -0.161. The van der Waals surface area contributed by atoms with Crippen molar-refractivity contribution in [3.8, 4) is 0 Å². The highest BCUT2D eigenvalue weighted by Crippen LogP contribution is 2.35. The number of piperidine rings is 1. The molecule has 1 amide bonds. The molecule has 6 heteroatoms. The number of para-hydroxylation sites is 1. The molecule has 0 aromatic heterocycles. The fourth-order valence-corrected chi connectivity index (χ4v) is 4.35. The van der Waals surface area contributed by atoms with Gasteiger partial charge in [0.1, 0.15) is 11.8 Å². The van der Waals surface area contributed by atoms with Crippen molar-refractivity contribution in [2.45, 2.75) is 37.9 Å². The summed E-state index contributed by atoms with van der Waals surface area (Å²) in [6.07, 6.45) is 2.36. The average Bonchev–Trinajstić information content (AvgIpc) is 2.77. The molecule has 2 heterocycles. The minimum absolute atomic E-state index is 0.0394. The molecule has 29 heavy (non-hydrogen) atoms. The van der Waals surface area contributed by atoms with Gasteiger partial charge in [0.15, 0.2) is 0 Å². The van der Waals surface area contributed by atoms with Crippen molar-refractivity contribution in [1.82, 2.24) is 4.90 Å². The number of carbonyl (C=O) groups is 1. The lowest BCUT2D eigenvalue weighted by atomic mass is 9.88. The van der Waals surface area contributed by atoms with Crippen LogP contribution < -0.4 is 4.90 Å². The zero-order valence-electron chi connectivity index (χ0n) is 16.8. The van der Waals surface area contributed by atoms with Crippen molar-refractivity contribution in [2.24, 2.45) is 5.18 Å². The molecule has 2 aliphatic heterocycles. The van der Waals surface area contributed by atoms with Crippen LogP contribution in [0.15, 0.2) is 59.8 Å². The van der Waals surface area contributed by atoms with E-state index in [2.05, 4.69) is 10.1 Å². The van der Waals surface area contributed by atoms with E-state index in [4.69, 9.17) is 4.74 Å². The van der Waals surface area contributed by atoms with Crippen LogP contribution in [-0.2, 0) is 16.0 Å². The highest BCUT2D eigenvalue weighted by atomic mass is 16.5. The molecule has 2 saturated heterocycles. The van der Waals surface area contributed by atoms with Crippen LogP contribution in [0.5, 0.6) is 0 Å². The number of anilines is 1. The normalized spacial score (nSPS) is 22.0. The number of morpholine rings is 1. The second kappa shape index (κ2) is 8.43. The molecular formula is C23H27N3O3. The molecule has 2 aromatic rings. The molecule has 0 bridgehead atoms. The molecule has 0 radical (unpaired) electrons. The molecule has 152 valence electrons. The molecule has 2 aliphatic rings. The molecule has 4 rings (SSSR count). The Balaban J connectivity index is 1.36. The summed E-state index contributed by atoms with van der Waals surface area (Å²) >= 11 is 0. The highest BCUT2D eigenvalue weighted by molar-refractivity contribution is 5.97. The average molecular weight is 393 g/mol.